The summed E-state index contributed by atoms with van der Waals surface area (Å²) < 4.78 is 4.84. The summed E-state index contributed by atoms with van der Waals surface area (Å²) in [5.41, 5.74) is 0. The monoisotopic (exact) mass is 241 g/mol. The second-order valence-corrected chi connectivity index (χ2v) is 4.13. The molecule has 6 heteroatoms. The molecule has 0 aliphatic carbocycles. The van der Waals surface area contributed by atoms with Crippen molar-refractivity contribution in [2.45, 2.75) is 26.3 Å². The fourth-order valence-corrected chi connectivity index (χ4v) is 1.27. The minimum atomic E-state index is -0.115. The van der Waals surface area contributed by atoms with Gasteiger partial charge >= 0.3 is 0 Å². The highest BCUT2D eigenvalue weighted by atomic mass is 16.5. The Morgan fingerprint density at radius 2 is 2.41 bits per heavy atom. The molecule has 6 nitrogen and oxygen atoms in total. The average Bonchev–Trinajstić information content (AvgIpc) is 2.70. The van der Waals surface area contributed by atoms with Crippen LogP contribution in [0.5, 0.6) is 0 Å². The Balaban J connectivity index is 2.30. The van der Waals surface area contributed by atoms with Crippen LogP contribution in [-0.4, -0.2) is 47.3 Å². The molecule has 1 heterocycles. The molecule has 0 saturated carbocycles. The van der Waals surface area contributed by atoms with Gasteiger partial charge < -0.3 is 19.8 Å². The molecule has 0 radical (unpaired) electrons. The maximum Gasteiger partial charge on any atom is 0.226 e. The Hall–Kier alpha value is -1.40. The molecule has 1 rings (SSSR count). The maximum atomic E-state index is 11.6. The van der Waals surface area contributed by atoms with E-state index in [0.717, 1.165) is 0 Å². The fraction of sp³-hybridized carbons (Fsp3) is 0.636. The highest BCUT2D eigenvalue weighted by molar-refractivity contribution is 5.89. The number of nitrogens with one attached hydrogen (secondary N) is 1. The van der Waals surface area contributed by atoms with Crippen LogP contribution in [0.1, 0.15) is 19.1 Å². The molecule has 0 spiro atoms. The van der Waals surface area contributed by atoms with E-state index in [4.69, 9.17) is 9.63 Å². The van der Waals surface area contributed by atoms with Crippen molar-refractivity contribution in [2.24, 2.45) is 0 Å². The van der Waals surface area contributed by atoms with Gasteiger partial charge in [-0.3, -0.25) is 4.79 Å². The Bertz CT molecular complexity index is 365. The molecule has 0 bridgehead atoms. The lowest BCUT2D eigenvalue weighted by atomic mass is 10.3. The summed E-state index contributed by atoms with van der Waals surface area (Å²) in [5.74, 6) is 0.979. The summed E-state index contributed by atoms with van der Waals surface area (Å²) in [6, 6.07) is 1.72. The molecule has 0 aliphatic heterocycles. The van der Waals surface area contributed by atoms with Crippen LogP contribution in [-0.2, 0) is 4.79 Å². The second-order valence-electron chi connectivity index (χ2n) is 4.13. The topological polar surface area (TPSA) is 78.6 Å². The van der Waals surface area contributed by atoms with Crippen LogP contribution < -0.4 is 5.32 Å². The molecule has 1 aromatic heterocycles. The molecule has 2 N–H and O–H groups in total. The van der Waals surface area contributed by atoms with Gasteiger partial charge in [0.25, 0.3) is 0 Å². The minimum Gasteiger partial charge on any atom is -0.395 e. The first-order valence-electron chi connectivity index (χ1n) is 5.57. The van der Waals surface area contributed by atoms with E-state index in [-0.39, 0.29) is 18.6 Å². The van der Waals surface area contributed by atoms with Gasteiger partial charge in [0.15, 0.2) is 5.82 Å². The number of carbonyl (C=O) groups excluding carboxylic acids is 1. The number of aliphatic hydroxyl groups excluding tert-OH is 1. The van der Waals surface area contributed by atoms with E-state index in [9.17, 15) is 4.79 Å². The van der Waals surface area contributed by atoms with Crippen molar-refractivity contribution in [3.63, 3.8) is 0 Å². The second kappa shape index (κ2) is 6.36. The predicted octanol–water partition coefficient (Wildman–Crippen LogP) is 0.624. The lowest BCUT2D eigenvalue weighted by molar-refractivity contribution is -0.116. The molecule has 0 aromatic carbocycles. The molecule has 1 aromatic rings. The number of hydrogen-bond donors (Lipinski definition) is 2. The molecule has 0 aliphatic rings. The van der Waals surface area contributed by atoms with Gasteiger partial charge in [-0.2, -0.15) is 0 Å². The number of anilines is 1. The van der Waals surface area contributed by atoms with Crippen molar-refractivity contribution < 1.29 is 14.4 Å². The molecular formula is C11H19N3O3. The van der Waals surface area contributed by atoms with E-state index in [2.05, 4.69) is 10.5 Å². The van der Waals surface area contributed by atoms with Gasteiger partial charge in [0.05, 0.1) is 6.61 Å². The zero-order valence-corrected chi connectivity index (χ0v) is 10.4. The Morgan fingerprint density at radius 1 is 1.71 bits per heavy atom. The van der Waals surface area contributed by atoms with E-state index in [1.807, 2.05) is 18.9 Å². The normalized spacial score (nSPS) is 12.8. The van der Waals surface area contributed by atoms with Crippen molar-refractivity contribution in [3.05, 3.63) is 11.8 Å². The molecule has 96 valence electrons. The molecule has 17 heavy (non-hydrogen) atoms. The number of hydrogen-bond acceptors (Lipinski definition) is 5. The van der Waals surface area contributed by atoms with Crippen molar-refractivity contribution >= 4 is 11.7 Å². The highest BCUT2D eigenvalue weighted by Gasteiger charge is 2.11. The third-order valence-electron chi connectivity index (χ3n) is 2.60. The van der Waals surface area contributed by atoms with Crippen LogP contribution in [0.25, 0.3) is 0 Å². The van der Waals surface area contributed by atoms with Crippen LogP contribution in [0, 0.1) is 6.92 Å². The summed E-state index contributed by atoms with van der Waals surface area (Å²) >= 11 is 0. The van der Waals surface area contributed by atoms with Crippen LogP contribution >= 0.6 is 0 Å². The van der Waals surface area contributed by atoms with Gasteiger partial charge in [0.2, 0.25) is 5.91 Å². The molecule has 0 saturated heterocycles. The number of rotatable bonds is 6. The first-order valence-corrected chi connectivity index (χ1v) is 5.57. The van der Waals surface area contributed by atoms with Crippen molar-refractivity contribution in [1.29, 1.82) is 0 Å². The number of carbonyl (C=O) groups is 1. The van der Waals surface area contributed by atoms with Crippen molar-refractivity contribution in [2.75, 3.05) is 25.5 Å². The summed E-state index contributed by atoms with van der Waals surface area (Å²) in [4.78, 5) is 13.5. The van der Waals surface area contributed by atoms with Gasteiger partial charge in [-0.15, -0.1) is 0 Å². The number of aryl methyl sites for hydroxylation is 1. The number of aliphatic hydroxyl groups is 1. The third-order valence-corrected chi connectivity index (χ3v) is 2.60. The predicted molar refractivity (Wildman–Crippen MR) is 63.7 cm³/mol. The van der Waals surface area contributed by atoms with E-state index in [0.29, 0.717) is 24.5 Å². The SMILES string of the molecule is Cc1cc(NC(=O)CCN(C)C(C)CO)no1. The molecule has 0 fully saturated rings. The van der Waals surface area contributed by atoms with Crippen molar-refractivity contribution in [1.82, 2.24) is 10.1 Å². The van der Waals surface area contributed by atoms with Gasteiger partial charge in [-0.05, 0) is 20.9 Å². The smallest absolute Gasteiger partial charge is 0.226 e. The summed E-state index contributed by atoms with van der Waals surface area (Å²) in [6.07, 6.45) is 0.354. The Kier molecular flexibility index (Phi) is 5.11. The van der Waals surface area contributed by atoms with Crippen molar-refractivity contribution in [3.8, 4) is 0 Å². The lowest BCUT2D eigenvalue weighted by Crippen LogP contribution is -2.34. The Morgan fingerprint density at radius 3 is 2.94 bits per heavy atom. The highest BCUT2D eigenvalue weighted by Crippen LogP contribution is 2.07. The summed E-state index contributed by atoms with van der Waals surface area (Å²) in [6.45, 7) is 4.34. The molecule has 1 unspecified atom stereocenters. The molecule has 1 atom stereocenters. The first-order chi connectivity index (χ1) is 8.02. The number of aromatic nitrogens is 1. The number of amides is 1. The number of nitrogens with zero attached hydrogens (tertiary/aromatic N) is 2. The zero-order chi connectivity index (χ0) is 12.8. The van der Waals surface area contributed by atoms with E-state index in [1.165, 1.54) is 0 Å². The molecule has 1 amide bonds. The quantitative estimate of drug-likeness (QED) is 0.763. The van der Waals surface area contributed by atoms with Gasteiger partial charge in [-0.25, -0.2) is 0 Å². The van der Waals surface area contributed by atoms with Gasteiger partial charge in [-0.1, -0.05) is 5.16 Å². The minimum absolute atomic E-state index is 0.0529. The third kappa shape index (κ3) is 4.54. The van der Waals surface area contributed by atoms with E-state index in [1.54, 1.807) is 13.0 Å². The van der Waals surface area contributed by atoms with Gasteiger partial charge in [0, 0.05) is 25.1 Å². The van der Waals surface area contributed by atoms with Crippen LogP contribution in [0.2, 0.25) is 0 Å². The Labute approximate surface area is 101 Å². The number of likely N-dealkylation sites (N-methyl/N-ethyl adjacent to an activating group) is 1. The van der Waals surface area contributed by atoms with Crippen LogP contribution in [0.15, 0.2) is 10.6 Å². The standard InChI is InChI=1S/C11H19N3O3/c1-8(7-15)14(3)5-4-11(16)12-10-6-9(2)17-13-10/h6,8,15H,4-5,7H2,1-3H3,(H,12,13,16). The van der Waals surface area contributed by atoms with Gasteiger partial charge in [0.1, 0.15) is 5.76 Å². The largest absolute Gasteiger partial charge is 0.395 e. The van der Waals surface area contributed by atoms with E-state index < -0.39 is 0 Å². The summed E-state index contributed by atoms with van der Waals surface area (Å²) in [7, 11) is 1.87. The lowest BCUT2D eigenvalue weighted by Gasteiger charge is -2.22. The first kappa shape index (κ1) is 13.7. The van der Waals surface area contributed by atoms with E-state index >= 15 is 0 Å². The zero-order valence-electron chi connectivity index (χ0n) is 10.4. The van der Waals surface area contributed by atoms with Crippen LogP contribution in [0.3, 0.4) is 0 Å². The van der Waals surface area contributed by atoms with Crippen LogP contribution in [0.4, 0.5) is 5.82 Å². The fourth-order valence-electron chi connectivity index (χ4n) is 1.27. The molecular weight excluding hydrogens is 222 g/mol. The summed E-state index contributed by atoms with van der Waals surface area (Å²) in [5, 5.41) is 15.3. The average molecular weight is 241 g/mol. The maximum absolute atomic E-state index is 11.6.